The van der Waals surface area contributed by atoms with E-state index in [1.165, 1.54) is 29.0 Å². The summed E-state index contributed by atoms with van der Waals surface area (Å²) >= 11 is 0. The highest BCUT2D eigenvalue weighted by Crippen LogP contribution is 2.49. The zero-order chi connectivity index (χ0) is 11.4. The summed E-state index contributed by atoms with van der Waals surface area (Å²) in [6, 6.07) is 0. The Hall–Kier alpha value is -1.48. The fraction of sp³-hybridized carbons (Fsp3) is 0.429. The number of nitrogens with zero attached hydrogens (tertiary/aromatic N) is 1. The lowest BCUT2D eigenvalue weighted by atomic mass is 9.86. The van der Waals surface area contributed by atoms with Crippen LogP contribution in [0.15, 0.2) is 46.5 Å². The van der Waals surface area contributed by atoms with Crippen LogP contribution in [0.3, 0.4) is 0 Å². The Labute approximate surface area is 101 Å². The van der Waals surface area contributed by atoms with Crippen LogP contribution in [0.4, 0.5) is 0 Å². The maximum atomic E-state index is 5.42. The first-order valence-corrected chi connectivity index (χ1v) is 6.37. The largest absolute Gasteiger partial charge is 0.414 e. The smallest absolute Gasteiger partial charge is 0.147 e. The average molecular weight is 228 g/mol. The van der Waals surface area contributed by atoms with E-state index in [0.29, 0.717) is 5.92 Å². The van der Waals surface area contributed by atoms with E-state index in [4.69, 9.17) is 10.7 Å². The molecular weight excluding hydrogens is 212 g/mol. The molecule has 2 heterocycles. The van der Waals surface area contributed by atoms with Crippen molar-refractivity contribution in [2.45, 2.75) is 25.7 Å². The first-order valence-electron chi connectivity index (χ1n) is 6.37. The molecule has 1 saturated heterocycles. The molecule has 1 atom stereocenters. The van der Waals surface area contributed by atoms with Crippen LogP contribution in [0, 0.1) is 5.92 Å². The van der Waals surface area contributed by atoms with E-state index >= 15 is 0 Å². The highest BCUT2D eigenvalue weighted by molar-refractivity contribution is 5.56. The summed E-state index contributed by atoms with van der Waals surface area (Å²) in [4.78, 5) is 7.55. The normalized spacial score (nSPS) is 29.6. The van der Waals surface area contributed by atoms with Crippen molar-refractivity contribution in [1.82, 2.24) is 4.90 Å². The molecule has 2 N–H and O–H groups in total. The summed E-state index contributed by atoms with van der Waals surface area (Å²) in [7, 11) is 0. The molecular formula is C14H16N2O. The highest BCUT2D eigenvalue weighted by atomic mass is 16.6. The van der Waals surface area contributed by atoms with Gasteiger partial charge in [0.25, 0.3) is 0 Å². The number of allylic oxidation sites excluding steroid dienone is 7. The highest BCUT2D eigenvalue weighted by Gasteiger charge is 2.42. The maximum absolute atomic E-state index is 5.42. The van der Waals surface area contributed by atoms with Gasteiger partial charge in [0.2, 0.25) is 0 Å². The van der Waals surface area contributed by atoms with Gasteiger partial charge >= 0.3 is 0 Å². The molecule has 17 heavy (non-hydrogen) atoms. The summed E-state index contributed by atoms with van der Waals surface area (Å²) in [5.74, 6) is 7.08. The fourth-order valence-electron chi connectivity index (χ4n) is 3.55. The van der Waals surface area contributed by atoms with Crippen LogP contribution < -0.4 is 5.90 Å². The van der Waals surface area contributed by atoms with Crippen molar-refractivity contribution in [2.24, 2.45) is 11.8 Å². The second kappa shape index (κ2) is 3.26. The van der Waals surface area contributed by atoms with Crippen molar-refractivity contribution in [3.63, 3.8) is 0 Å². The lowest BCUT2D eigenvalue weighted by Crippen LogP contribution is -2.23. The van der Waals surface area contributed by atoms with Gasteiger partial charge < -0.3 is 9.74 Å². The third-order valence-electron chi connectivity index (χ3n) is 4.33. The second-order valence-electron chi connectivity index (χ2n) is 5.18. The van der Waals surface area contributed by atoms with Gasteiger partial charge in [-0.2, -0.15) is 5.90 Å². The first kappa shape index (κ1) is 9.54. The van der Waals surface area contributed by atoms with Gasteiger partial charge in [-0.15, -0.1) is 0 Å². The molecule has 2 aliphatic heterocycles. The summed E-state index contributed by atoms with van der Waals surface area (Å²) in [5, 5.41) is 0. The van der Waals surface area contributed by atoms with Gasteiger partial charge in [-0.3, -0.25) is 0 Å². The van der Waals surface area contributed by atoms with E-state index in [1.54, 1.807) is 0 Å². The van der Waals surface area contributed by atoms with E-state index in [0.717, 1.165) is 31.6 Å². The molecule has 0 aromatic carbocycles. The topological polar surface area (TPSA) is 38.5 Å². The van der Waals surface area contributed by atoms with Gasteiger partial charge in [-0.25, -0.2) is 0 Å². The first-order chi connectivity index (χ1) is 8.38. The van der Waals surface area contributed by atoms with Crippen LogP contribution >= 0.6 is 0 Å². The minimum atomic E-state index is 0.683. The summed E-state index contributed by atoms with van der Waals surface area (Å²) in [6.07, 6.45) is 11.3. The molecule has 1 unspecified atom stereocenters. The number of hydrogen-bond donors (Lipinski definition) is 1. The number of fused-ring (bicyclic) bond motifs is 1. The minimum absolute atomic E-state index is 0.683. The molecule has 1 fully saturated rings. The Morgan fingerprint density at radius 1 is 1.35 bits per heavy atom. The lowest BCUT2D eigenvalue weighted by Gasteiger charge is -2.31. The van der Waals surface area contributed by atoms with Crippen LogP contribution in [0.2, 0.25) is 0 Å². The van der Waals surface area contributed by atoms with Crippen molar-refractivity contribution in [3.8, 4) is 0 Å². The predicted octanol–water partition coefficient (Wildman–Crippen LogP) is 2.36. The molecule has 2 aliphatic carbocycles. The zero-order valence-electron chi connectivity index (χ0n) is 9.78. The van der Waals surface area contributed by atoms with Crippen LogP contribution in [0.1, 0.15) is 25.7 Å². The van der Waals surface area contributed by atoms with Crippen LogP contribution in [0.5, 0.6) is 0 Å². The van der Waals surface area contributed by atoms with Crippen molar-refractivity contribution in [2.75, 3.05) is 6.54 Å². The summed E-state index contributed by atoms with van der Waals surface area (Å²) < 4.78 is 0. The van der Waals surface area contributed by atoms with Gasteiger partial charge in [0.1, 0.15) is 5.76 Å². The van der Waals surface area contributed by atoms with E-state index in [2.05, 4.69) is 23.1 Å². The number of nitrogens with two attached hydrogens (primary N) is 1. The van der Waals surface area contributed by atoms with Crippen molar-refractivity contribution >= 4 is 0 Å². The lowest BCUT2D eigenvalue weighted by molar-refractivity contribution is 0.197. The predicted molar refractivity (Wildman–Crippen MR) is 65.2 cm³/mol. The van der Waals surface area contributed by atoms with E-state index < -0.39 is 0 Å². The minimum Gasteiger partial charge on any atom is -0.414 e. The molecule has 0 aromatic heterocycles. The standard InChI is InChI=1S/C14H16N2O/c15-17-13-6-5-10-8-16-12-4-2-1-3-9(12)7-11(10)14(13)16/h1,3,7,10H,2,4-6,8,15H2. The van der Waals surface area contributed by atoms with Crippen LogP contribution in [0.25, 0.3) is 0 Å². The molecule has 4 aliphatic rings. The molecule has 4 bridgehead atoms. The quantitative estimate of drug-likeness (QED) is 0.700. The van der Waals surface area contributed by atoms with Crippen molar-refractivity contribution in [3.05, 3.63) is 46.5 Å². The average Bonchev–Trinajstić information content (AvgIpc) is 2.55. The molecule has 0 spiro atoms. The van der Waals surface area contributed by atoms with Crippen molar-refractivity contribution in [1.29, 1.82) is 0 Å². The summed E-state index contributed by atoms with van der Waals surface area (Å²) in [6.45, 7) is 1.13. The fourth-order valence-corrected chi connectivity index (χ4v) is 3.55. The van der Waals surface area contributed by atoms with Gasteiger partial charge in [0.05, 0.1) is 5.70 Å². The van der Waals surface area contributed by atoms with Gasteiger partial charge in [0.15, 0.2) is 0 Å². The zero-order valence-corrected chi connectivity index (χ0v) is 9.78. The molecule has 3 nitrogen and oxygen atoms in total. The Bertz CT molecular complexity index is 510. The third-order valence-corrected chi connectivity index (χ3v) is 4.33. The van der Waals surface area contributed by atoms with Crippen molar-refractivity contribution < 1.29 is 4.84 Å². The van der Waals surface area contributed by atoms with Gasteiger partial charge in [-0.1, -0.05) is 12.2 Å². The van der Waals surface area contributed by atoms with E-state index in [9.17, 15) is 0 Å². The molecule has 3 heteroatoms. The SMILES string of the molecule is NOC1=C2C3=CC4=C(CCC=C4)N2CC3CC1. The van der Waals surface area contributed by atoms with Crippen LogP contribution in [-0.2, 0) is 4.84 Å². The molecule has 0 saturated carbocycles. The molecule has 4 rings (SSSR count). The van der Waals surface area contributed by atoms with E-state index in [-0.39, 0.29) is 0 Å². The Balaban J connectivity index is 1.91. The third kappa shape index (κ3) is 1.15. The molecule has 0 radical (unpaired) electrons. The van der Waals surface area contributed by atoms with Crippen LogP contribution in [-0.4, -0.2) is 11.4 Å². The Kier molecular flexibility index (Phi) is 1.83. The monoisotopic (exact) mass is 228 g/mol. The maximum Gasteiger partial charge on any atom is 0.147 e. The van der Waals surface area contributed by atoms with E-state index in [1.807, 2.05) is 0 Å². The number of hydrogen-bond acceptors (Lipinski definition) is 3. The Morgan fingerprint density at radius 3 is 3.18 bits per heavy atom. The van der Waals surface area contributed by atoms with Gasteiger partial charge in [0, 0.05) is 24.6 Å². The summed E-state index contributed by atoms with van der Waals surface area (Å²) in [5.41, 5.74) is 5.58. The number of rotatable bonds is 1. The Morgan fingerprint density at radius 2 is 2.29 bits per heavy atom. The molecule has 88 valence electrons. The molecule has 0 aromatic rings. The second-order valence-corrected chi connectivity index (χ2v) is 5.18. The molecule has 0 amide bonds. The van der Waals surface area contributed by atoms with Gasteiger partial charge in [-0.05, 0) is 36.5 Å².